The van der Waals surface area contributed by atoms with Crippen molar-refractivity contribution in [2.75, 3.05) is 23.8 Å². The number of hydrogen-bond donors (Lipinski definition) is 2. The third-order valence-corrected chi connectivity index (χ3v) is 6.08. The van der Waals surface area contributed by atoms with E-state index in [4.69, 9.17) is 16.6 Å². The quantitative estimate of drug-likeness (QED) is 0.449. The van der Waals surface area contributed by atoms with Gasteiger partial charge in [0, 0.05) is 13.6 Å². The van der Waals surface area contributed by atoms with Crippen LogP contribution in [-0.2, 0) is 6.42 Å². The summed E-state index contributed by atoms with van der Waals surface area (Å²) in [7, 11) is 1.74. The van der Waals surface area contributed by atoms with Crippen molar-refractivity contribution in [3.63, 3.8) is 0 Å². The molecule has 182 valence electrons. The number of carbonyl (C=O) groups excluding carboxylic acids is 1. The molecule has 0 spiro atoms. The number of hydrogen-bond acceptors (Lipinski definition) is 5. The Bertz CT molecular complexity index is 1270. The molecule has 2 atom stereocenters. The minimum atomic E-state index is -1.20. The minimum Gasteiger partial charge on any atom is -0.476 e. The molecule has 1 fully saturated rings. The molecule has 3 aromatic rings. The Morgan fingerprint density at radius 2 is 1.94 bits per heavy atom. The van der Waals surface area contributed by atoms with Gasteiger partial charge in [0.05, 0.1) is 23.5 Å². The largest absolute Gasteiger partial charge is 0.476 e. The highest BCUT2D eigenvalue weighted by Gasteiger charge is 2.37. The van der Waals surface area contributed by atoms with Crippen LogP contribution < -0.4 is 10.2 Å². The third-order valence-electron chi connectivity index (χ3n) is 5.87. The van der Waals surface area contributed by atoms with Gasteiger partial charge in [-0.3, -0.25) is 4.90 Å². The van der Waals surface area contributed by atoms with Crippen LogP contribution in [0, 0.1) is 12.7 Å². The number of likely N-dealkylation sites (N-methyl/N-ethyl adjacent to an activating group) is 1. The second kappa shape index (κ2) is 9.87. The fourth-order valence-corrected chi connectivity index (χ4v) is 4.34. The normalized spacial score (nSPS) is 16.5. The molecule has 1 aliphatic heterocycles. The molecule has 3 heterocycles. The van der Waals surface area contributed by atoms with Crippen LogP contribution in [0.1, 0.15) is 40.3 Å². The van der Waals surface area contributed by atoms with E-state index in [9.17, 15) is 19.1 Å². The molecule has 1 saturated heterocycles. The van der Waals surface area contributed by atoms with Crippen LogP contribution in [0.25, 0.3) is 0 Å². The van der Waals surface area contributed by atoms with Gasteiger partial charge in [-0.05, 0) is 67.8 Å². The highest BCUT2D eigenvalue weighted by atomic mass is 35.5. The Morgan fingerprint density at radius 1 is 1.23 bits per heavy atom. The van der Waals surface area contributed by atoms with E-state index in [0.717, 1.165) is 11.1 Å². The van der Waals surface area contributed by atoms with E-state index in [2.05, 4.69) is 10.3 Å². The molecule has 0 radical (unpaired) electrons. The van der Waals surface area contributed by atoms with Gasteiger partial charge in [-0.1, -0.05) is 23.7 Å². The number of carboxylic acid groups (broad SMARTS) is 1. The lowest BCUT2D eigenvalue weighted by atomic mass is 10.0. The summed E-state index contributed by atoms with van der Waals surface area (Å²) >= 11 is 5.86. The number of carboxylic acids is 1. The molecule has 0 unspecified atom stereocenters. The molecule has 10 heteroatoms. The number of carbonyl (C=O) groups is 2. The average Bonchev–Trinajstić information content (AvgIpc) is 3.08. The molecule has 4 rings (SSSR count). The molecular formula is C25H25ClFN5O3. The maximum Gasteiger partial charge on any atom is 0.356 e. The van der Waals surface area contributed by atoms with E-state index < -0.39 is 5.97 Å². The van der Waals surface area contributed by atoms with Crippen molar-refractivity contribution in [3.05, 3.63) is 82.0 Å². The number of benzene rings is 1. The molecule has 8 nitrogen and oxygen atoms in total. The Balaban J connectivity index is 1.63. The van der Waals surface area contributed by atoms with Crippen molar-refractivity contribution in [2.24, 2.45) is 0 Å². The lowest BCUT2D eigenvalue weighted by molar-refractivity contribution is 0.0691. The number of nitrogens with zero attached hydrogens (tertiary/aromatic N) is 4. The summed E-state index contributed by atoms with van der Waals surface area (Å²) in [5.41, 5.74) is 2.57. The van der Waals surface area contributed by atoms with Gasteiger partial charge in [0.25, 0.3) is 0 Å². The van der Waals surface area contributed by atoms with Crippen molar-refractivity contribution < 1.29 is 19.1 Å². The lowest BCUT2D eigenvalue weighted by Gasteiger charge is -2.24. The molecule has 2 aromatic heterocycles. The number of nitrogens with one attached hydrogen (secondary N) is 1. The van der Waals surface area contributed by atoms with Crippen molar-refractivity contribution in [1.29, 1.82) is 0 Å². The van der Waals surface area contributed by atoms with Gasteiger partial charge in [0.1, 0.15) is 16.8 Å². The number of rotatable bonds is 7. The molecule has 2 amide bonds. The van der Waals surface area contributed by atoms with Gasteiger partial charge in [0.2, 0.25) is 0 Å². The van der Waals surface area contributed by atoms with Gasteiger partial charge in [-0.25, -0.2) is 23.9 Å². The first kappa shape index (κ1) is 24.4. The first-order valence-corrected chi connectivity index (χ1v) is 11.4. The zero-order chi connectivity index (χ0) is 25.3. The fourth-order valence-electron chi connectivity index (χ4n) is 4.19. The highest BCUT2D eigenvalue weighted by Crippen LogP contribution is 2.29. The monoisotopic (exact) mass is 497 g/mol. The van der Waals surface area contributed by atoms with E-state index >= 15 is 0 Å². The maximum atomic E-state index is 13.3. The summed E-state index contributed by atoms with van der Waals surface area (Å²) in [5.74, 6) is -1.00. The summed E-state index contributed by atoms with van der Waals surface area (Å²) in [6, 6.07) is 12.3. The SMILES string of the molecule is Cc1cc([C@@H](C)Nc2ccc(Cl)nc2C(=O)O)nc(N2C(=O)N(C)C[C@@H]2Cc2ccc(F)cc2)c1. The number of halogens is 2. The number of amides is 2. The fraction of sp³-hybridized carbons (Fsp3) is 0.280. The standard InChI is InChI=1S/C25H25ClFN5O3/c1-14-10-20(15(2)28-19-8-9-21(26)30-23(19)24(33)34)29-22(11-14)32-18(13-31(3)25(32)35)12-16-4-6-17(27)7-5-16/h4-11,15,18,28H,12-13H2,1-3H3,(H,33,34)/t15-,18+/m1/s1. The zero-order valence-corrected chi connectivity index (χ0v) is 20.3. The van der Waals surface area contributed by atoms with Crippen LogP contribution in [0.2, 0.25) is 5.15 Å². The molecule has 0 saturated carbocycles. The average molecular weight is 498 g/mol. The van der Waals surface area contributed by atoms with E-state index in [1.807, 2.05) is 26.0 Å². The second-order valence-corrected chi connectivity index (χ2v) is 9.03. The predicted molar refractivity (Wildman–Crippen MR) is 132 cm³/mol. The van der Waals surface area contributed by atoms with Crippen molar-refractivity contribution in [2.45, 2.75) is 32.4 Å². The molecule has 35 heavy (non-hydrogen) atoms. The maximum absolute atomic E-state index is 13.3. The van der Waals surface area contributed by atoms with E-state index in [1.54, 1.807) is 35.0 Å². The van der Waals surface area contributed by atoms with Crippen LogP contribution in [0.4, 0.5) is 20.7 Å². The first-order valence-electron chi connectivity index (χ1n) is 11.1. The summed E-state index contributed by atoms with van der Waals surface area (Å²) < 4.78 is 13.3. The molecule has 1 aromatic carbocycles. The third kappa shape index (κ3) is 5.35. The first-order chi connectivity index (χ1) is 16.6. The van der Waals surface area contributed by atoms with Gasteiger partial charge < -0.3 is 15.3 Å². The van der Waals surface area contributed by atoms with E-state index in [1.165, 1.54) is 18.2 Å². The smallest absolute Gasteiger partial charge is 0.356 e. The minimum absolute atomic E-state index is 0.0837. The van der Waals surface area contributed by atoms with Crippen molar-refractivity contribution in [1.82, 2.24) is 14.9 Å². The van der Waals surface area contributed by atoms with Gasteiger partial charge in [-0.2, -0.15) is 0 Å². The van der Waals surface area contributed by atoms with Crippen LogP contribution in [0.5, 0.6) is 0 Å². The van der Waals surface area contributed by atoms with Crippen molar-refractivity contribution in [3.8, 4) is 0 Å². The topological polar surface area (TPSA) is 98.7 Å². The van der Waals surface area contributed by atoms with Crippen LogP contribution >= 0.6 is 11.6 Å². The molecule has 1 aliphatic rings. The Kier molecular flexibility index (Phi) is 6.88. The van der Waals surface area contributed by atoms with Crippen molar-refractivity contribution >= 4 is 35.1 Å². The van der Waals surface area contributed by atoms with Crippen LogP contribution in [0.3, 0.4) is 0 Å². The Hall–Kier alpha value is -3.72. The van der Waals surface area contributed by atoms with Gasteiger partial charge in [-0.15, -0.1) is 0 Å². The van der Waals surface area contributed by atoms with E-state index in [0.29, 0.717) is 30.2 Å². The van der Waals surface area contributed by atoms with Gasteiger partial charge in [0.15, 0.2) is 5.69 Å². The predicted octanol–water partition coefficient (Wildman–Crippen LogP) is 4.93. The number of aryl methyl sites for hydroxylation is 1. The van der Waals surface area contributed by atoms with Crippen LogP contribution in [-0.4, -0.2) is 51.6 Å². The second-order valence-electron chi connectivity index (χ2n) is 8.65. The summed E-state index contributed by atoms with van der Waals surface area (Å²) in [5, 5.41) is 12.7. The summed E-state index contributed by atoms with van der Waals surface area (Å²) in [6.07, 6.45) is 0.549. The number of urea groups is 1. The number of pyridine rings is 2. The highest BCUT2D eigenvalue weighted by molar-refractivity contribution is 6.29. The molecule has 0 bridgehead atoms. The number of aromatic nitrogens is 2. The lowest BCUT2D eigenvalue weighted by Crippen LogP contribution is -2.36. The van der Waals surface area contributed by atoms with E-state index in [-0.39, 0.29) is 34.8 Å². The molecule has 2 N–H and O–H groups in total. The Labute approximate surface area is 207 Å². The molecule has 0 aliphatic carbocycles. The number of anilines is 2. The zero-order valence-electron chi connectivity index (χ0n) is 19.5. The van der Waals surface area contributed by atoms with Crippen LogP contribution in [0.15, 0.2) is 48.5 Å². The number of aromatic carboxylic acids is 1. The summed E-state index contributed by atoms with van der Waals surface area (Å²) in [6.45, 7) is 4.26. The molecular weight excluding hydrogens is 473 g/mol. The Morgan fingerprint density at radius 3 is 2.63 bits per heavy atom. The van der Waals surface area contributed by atoms with Gasteiger partial charge >= 0.3 is 12.0 Å². The summed E-state index contributed by atoms with van der Waals surface area (Å²) in [4.78, 5) is 36.6.